The standard InChI is InChI=1S/C48H71N3O7S/c1-4-6-7-8-9-10-11-12-13-16-26-50-47(54)57-38-21-22-43-41(34-38)45-39(20-15-18-30-53)37(19-14-17-29-52)33-40-42(51-55-3)35-44(48(58-43,46(40)45)56-31-5-2)59-32-25-36-23-27-49-28-24-36/h5,21-24,27-28,33-34,37,39,44-46,52-53H,2,4,6-20,25-26,29-32,35H2,1,3H3,(H,50,54)/t37-,39+,44-,45+,46+,48+/m0/s1. The van der Waals surface area contributed by atoms with Crippen molar-refractivity contribution in [3.05, 3.63) is 78.2 Å². The maximum atomic E-state index is 13.2. The highest BCUT2D eigenvalue weighted by atomic mass is 32.2. The van der Waals surface area contributed by atoms with Crippen molar-refractivity contribution < 1.29 is 34.1 Å². The van der Waals surface area contributed by atoms with E-state index in [1.165, 1.54) is 56.9 Å². The third-order valence-electron chi connectivity index (χ3n) is 12.3. The lowest BCUT2D eigenvalue weighted by Crippen LogP contribution is -2.64. The first-order chi connectivity index (χ1) is 29.0. The van der Waals surface area contributed by atoms with Gasteiger partial charge in [0.25, 0.3) is 0 Å². The van der Waals surface area contributed by atoms with Crippen molar-refractivity contribution in [3.8, 4) is 11.5 Å². The van der Waals surface area contributed by atoms with E-state index in [0.29, 0.717) is 31.7 Å². The molecule has 0 unspecified atom stereocenters. The minimum absolute atomic E-state index is 0.0784. The van der Waals surface area contributed by atoms with Crippen LogP contribution in [-0.2, 0) is 16.0 Å². The number of nitrogens with zero attached hydrogens (tertiary/aromatic N) is 2. The number of aliphatic hydroxyl groups excluding tert-OH is 2. The molecule has 6 atom stereocenters. The fraction of sp³-hybridized carbons (Fsp3) is 0.646. The van der Waals surface area contributed by atoms with Crippen LogP contribution in [0.1, 0.15) is 133 Å². The highest BCUT2D eigenvalue weighted by Crippen LogP contribution is 2.62. The lowest BCUT2D eigenvalue weighted by Gasteiger charge is -2.58. The number of nitrogens with one attached hydrogen (secondary N) is 1. The van der Waals surface area contributed by atoms with E-state index >= 15 is 0 Å². The summed E-state index contributed by atoms with van der Waals surface area (Å²) in [5, 5.41) is 27.2. The van der Waals surface area contributed by atoms with Crippen LogP contribution in [0.15, 0.2) is 72.2 Å². The van der Waals surface area contributed by atoms with E-state index in [1.807, 2.05) is 42.4 Å². The van der Waals surface area contributed by atoms with Gasteiger partial charge in [0.2, 0.25) is 5.79 Å². The van der Waals surface area contributed by atoms with Gasteiger partial charge >= 0.3 is 6.09 Å². The van der Waals surface area contributed by atoms with Crippen molar-refractivity contribution in [1.82, 2.24) is 10.3 Å². The molecule has 2 heterocycles. The fourth-order valence-corrected chi connectivity index (χ4v) is 10.9. The quantitative estimate of drug-likeness (QED) is 0.0436. The maximum Gasteiger partial charge on any atom is 0.412 e. The van der Waals surface area contributed by atoms with Crippen molar-refractivity contribution in [2.75, 3.05) is 39.2 Å². The summed E-state index contributed by atoms with van der Waals surface area (Å²) in [5.74, 6) is 0.996. The maximum absolute atomic E-state index is 13.2. The molecule has 0 saturated heterocycles. The SMILES string of the molecule is C=CCO[C@@]12Oc3ccc(OC(=O)NCCCCCCCCCCCC)cc3[C@H]3[C@H](CCCCO)[C@@H](CCCCO)C=C(C(=NOC)C[C@@H]1SCCc1ccncc1)[C@H]32. The number of allylic oxidation sites excluding steroid dienone is 1. The molecule has 0 spiro atoms. The summed E-state index contributed by atoms with van der Waals surface area (Å²) in [6, 6.07) is 9.88. The molecule has 2 aromatic rings. The van der Waals surface area contributed by atoms with Crippen LogP contribution < -0.4 is 14.8 Å². The Bertz CT molecular complexity index is 1620. The van der Waals surface area contributed by atoms with Gasteiger partial charge in [0.05, 0.1) is 23.5 Å². The topological polar surface area (TPSA) is 132 Å². The normalized spacial score (nSPS) is 23.8. The number of oxime groups is 1. The van der Waals surface area contributed by atoms with Crippen molar-refractivity contribution in [3.63, 3.8) is 0 Å². The summed E-state index contributed by atoms with van der Waals surface area (Å²) < 4.78 is 20.2. The molecule has 1 aromatic carbocycles. The Morgan fingerprint density at radius 1 is 0.983 bits per heavy atom. The number of hydrogen-bond donors (Lipinski definition) is 3. The van der Waals surface area contributed by atoms with Crippen LogP contribution in [0, 0.1) is 17.8 Å². The molecule has 5 rings (SSSR count). The summed E-state index contributed by atoms with van der Waals surface area (Å²) in [6.45, 7) is 7.45. The van der Waals surface area contributed by atoms with Crippen LogP contribution in [0.5, 0.6) is 11.5 Å². The number of aromatic nitrogens is 1. The summed E-state index contributed by atoms with van der Waals surface area (Å²) in [4.78, 5) is 22.9. The van der Waals surface area contributed by atoms with Gasteiger partial charge in [0, 0.05) is 50.1 Å². The van der Waals surface area contributed by atoms with E-state index in [0.717, 1.165) is 79.7 Å². The molecule has 11 heteroatoms. The van der Waals surface area contributed by atoms with Crippen molar-refractivity contribution in [2.45, 2.75) is 139 Å². The predicted molar refractivity (Wildman–Crippen MR) is 238 cm³/mol. The Labute approximate surface area is 358 Å². The van der Waals surface area contributed by atoms with Crippen LogP contribution in [0.3, 0.4) is 0 Å². The molecule has 0 radical (unpaired) electrons. The summed E-state index contributed by atoms with van der Waals surface area (Å²) in [7, 11) is 1.60. The minimum atomic E-state index is -1.05. The fourth-order valence-electron chi connectivity index (χ4n) is 9.46. The Hall–Kier alpha value is -3.38. The number of unbranched alkanes of at least 4 members (excludes halogenated alkanes) is 11. The van der Waals surface area contributed by atoms with Gasteiger partial charge in [-0.25, -0.2) is 4.79 Å². The number of rotatable bonds is 28. The van der Waals surface area contributed by atoms with Crippen LogP contribution in [0.4, 0.5) is 4.79 Å². The number of carbonyl (C=O) groups excluding carboxylic acids is 1. The summed E-state index contributed by atoms with van der Waals surface area (Å²) >= 11 is 1.83. The average molecular weight is 834 g/mol. The van der Waals surface area contributed by atoms with Gasteiger partial charge in [-0.2, -0.15) is 11.8 Å². The third kappa shape index (κ3) is 13.1. The lowest BCUT2D eigenvalue weighted by atomic mass is 9.56. The second-order valence-electron chi connectivity index (χ2n) is 16.4. The van der Waals surface area contributed by atoms with Crippen LogP contribution >= 0.6 is 11.8 Å². The first-order valence-electron chi connectivity index (χ1n) is 22.6. The minimum Gasteiger partial charge on any atom is -0.460 e. The van der Waals surface area contributed by atoms with Gasteiger partial charge in [-0.15, -0.1) is 6.58 Å². The average Bonchev–Trinajstić information content (AvgIpc) is 3.24. The smallest absolute Gasteiger partial charge is 0.412 e. The number of fused-ring (bicyclic) bond motifs is 2. The van der Waals surface area contributed by atoms with E-state index < -0.39 is 11.9 Å². The van der Waals surface area contributed by atoms with E-state index in [9.17, 15) is 15.0 Å². The molecule has 326 valence electrons. The zero-order chi connectivity index (χ0) is 41.7. The van der Waals surface area contributed by atoms with Gasteiger partial charge in [-0.05, 0) is 97.6 Å². The molecule has 1 amide bonds. The number of carbonyl (C=O) groups is 1. The van der Waals surface area contributed by atoms with E-state index in [2.05, 4.69) is 47.2 Å². The highest BCUT2D eigenvalue weighted by Gasteiger charge is 2.64. The third-order valence-corrected chi connectivity index (χ3v) is 13.6. The largest absolute Gasteiger partial charge is 0.460 e. The molecule has 1 fully saturated rings. The number of aliphatic hydroxyl groups is 2. The molecular formula is C48H71N3O7S. The van der Waals surface area contributed by atoms with E-state index in [1.54, 1.807) is 13.2 Å². The molecule has 2 aliphatic carbocycles. The van der Waals surface area contributed by atoms with Crippen LogP contribution in [0.2, 0.25) is 0 Å². The second-order valence-corrected chi connectivity index (χ2v) is 17.7. The number of ether oxygens (including phenoxy) is 3. The first kappa shape index (κ1) is 46.7. The molecular weight excluding hydrogens is 763 g/mol. The molecule has 1 saturated carbocycles. The zero-order valence-corrected chi connectivity index (χ0v) is 36.6. The molecule has 3 N–H and O–H groups in total. The zero-order valence-electron chi connectivity index (χ0n) is 35.8. The van der Waals surface area contributed by atoms with Gasteiger partial charge < -0.3 is 34.6 Å². The molecule has 10 nitrogen and oxygen atoms in total. The monoisotopic (exact) mass is 834 g/mol. The molecule has 3 aliphatic rings. The Kier molecular flexibility index (Phi) is 20.1. The molecule has 0 bridgehead atoms. The van der Waals surface area contributed by atoms with Crippen molar-refractivity contribution in [1.29, 1.82) is 0 Å². The van der Waals surface area contributed by atoms with Crippen molar-refractivity contribution in [2.24, 2.45) is 22.9 Å². The number of hydrogen-bond acceptors (Lipinski definition) is 10. The number of amides is 1. The number of benzene rings is 1. The lowest BCUT2D eigenvalue weighted by molar-refractivity contribution is -0.223. The van der Waals surface area contributed by atoms with E-state index in [-0.39, 0.29) is 42.1 Å². The van der Waals surface area contributed by atoms with E-state index in [4.69, 9.17) is 19.0 Å². The number of aryl methyl sites for hydroxylation is 1. The Morgan fingerprint density at radius 2 is 1.69 bits per heavy atom. The molecule has 1 aromatic heterocycles. The predicted octanol–water partition coefficient (Wildman–Crippen LogP) is 10.3. The highest BCUT2D eigenvalue weighted by molar-refractivity contribution is 8.00. The van der Waals surface area contributed by atoms with Gasteiger partial charge in [-0.3, -0.25) is 4.98 Å². The number of thioether (sulfide) groups is 1. The summed E-state index contributed by atoms with van der Waals surface area (Å²) in [5.41, 5.74) is 4.17. The van der Waals surface area contributed by atoms with Gasteiger partial charge in [0.15, 0.2) is 0 Å². The first-order valence-corrected chi connectivity index (χ1v) is 23.6. The molecule has 59 heavy (non-hydrogen) atoms. The summed E-state index contributed by atoms with van der Waals surface area (Å²) in [6.07, 6.45) is 26.2. The van der Waals surface area contributed by atoms with Gasteiger partial charge in [0.1, 0.15) is 18.6 Å². The van der Waals surface area contributed by atoms with Crippen molar-refractivity contribution >= 4 is 23.6 Å². The Morgan fingerprint density at radius 3 is 2.39 bits per heavy atom. The number of pyridine rings is 1. The Balaban J connectivity index is 1.43. The molecule has 1 aliphatic heterocycles. The van der Waals surface area contributed by atoms with Crippen LogP contribution in [0.25, 0.3) is 0 Å². The second kappa shape index (κ2) is 25.4. The van der Waals surface area contributed by atoms with Crippen LogP contribution in [-0.4, -0.2) is 77.3 Å². The van der Waals surface area contributed by atoms with Gasteiger partial charge in [-0.1, -0.05) is 94.9 Å².